The van der Waals surface area contributed by atoms with Gasteiger partial charge in [-0.1, -0.05) is 19.3 Å². The molecule has 28 heavy (non-hydrogen) atoms. The number of hydrogen-bond acceptors (Lipinski definition) is 2. The van der Waals surface area contributed by atoms with Crippen molar-refractivity contribution in [3.8, 4) is 24.2 Å². The molecule has 1 amide bonds. The number of imidazole rings is 1. The lowest BCUT2D eigenvalue weighted by atomic mass is 9.88. The molecule has 0 bridgehead atoms. The lowest BCUT2D eigenvalue weighted by Gasteiger charge is -2.20. The summed E-state index contributed by atoms with van der Waals surface area (Å²) < 4.78 is 0. The number of nitrogens with zero attached hydrogens (tertiary/aromatic N) is 1. The number of aromatic amines is 1. The number of carbonyl (C=O) groups is 1. The van der Waals surface area contributed by atoms with E-state index in [2.05, 4.69) is 28.1 Å². The molecule has 1 aromatic carbocycles. The van der Waals surface area contributed by atoms with Crippen LogP contribution in [0.3, 0.4) is 0 Å². The highest BCUT2D eigenvalue weighted by Crippen LogP contribution is 2.25. The summed E-state index contributed by atoms with van der Waals surface area (Å²) in [4.78, 5) is 20.2. The quantitative estimate of drug-likeness (QED) is 0.572. The minimum Gasteiger partial charge on any atom is -0.338 e. The number of aromatic nitrogens is 2. The number of alkyl halides is 2. The van der Waals surface area contributed by atoms with Crippen molar-refractivity contribution in [2.45, 2.75) is 32.1 Å². The standard InChI is InChI=1S/C20H23Cl2N3O.C2H2/c21-12-10-17-18(11-13-22)25-19(24-17)14-6-8-16(9-7-14)23-20(26)15-4-2-1-3-5-15;1-2/h6-11,15H,1-5,12-13H2,(H,23,26)(H,24,25);1-2H/b17-10+,18-11+;. The summed E-state index contributed by atoms with van der Waals surface area (Å²) in [6.45, 7) is 0. The Morgan fingerprint density at radius 1 is 1.11 bits per heavy atom. The van der Waals surface area contributed by atoms with Crippen molar-refractivity contribution in [2.75, 3.05) is 17.1 Å². The van der Waals surface area contributed by atoms with Gasteiger partial charge in [-0.05, 0) is 49.3 Å². The Labute approximate surface area is 176 Å². The van der Waals surface area contributed by atoms with Gasteiger partial charge in [0.15, 0.2) is 0 Å². The summed E-state index contributed by atoms with van der Waals surface area (Å²) >= 11 is 11.6. The Morgan fingerprint density at radius 2 is 1.75 bits per heavy atom. The van der Waals surface area contributed by atoms with Gasteiger partial charge in [0.25, 0.3) is 0 Å². The fourth-order valence-corrected chi connectivity index (χ4v) is 3.62. The van der Waals surface area contributed by atoms with Crippen LogP contribution in [0.25, 0.3) is 23.5 Å². The summed E-state index contributed by atoms with van der Waals surface area (Å²) in [5, 5.41) is 4.69. The summed E-state index contributed by atoms with van der Waals surface area (Å²) in [6.07, 6.45) is 17.3. The van der Waals surface area contributed by atoms with Gasteiger partial charge in [-0.25, -0.2) is 4.98 Å². The highest BCUT2D eigenvalue weighted by atomic mass is 35.5. The maximum absolute atomic E-state index is 12.4. The third-order valence-electron chi connectivity index (χ3n) is 4.71. The number of benzene rings is 1. The summed E-state index contributed by atoms with van der Waals surface area (Å²) in [5.74, 6) is 1.82. The fourth-order valence-electron chi connectivity index (χ4n) is 3.32. The number of terminal acetylenes is 1. The van der Waals surface area contributed by atoms with Crippen molar-refractivity contribution < 1.29 is 4.79 Å². The third-order valence-corrected chi connectivity index (χ3v) is 5.02. The SMILES string of the molecule is C#C.O=C(Nc1ccc(-c2nc(=C/CCl)/c(=C\CCl)[nH]2)cc1)C1CCCCC1. The fraction of sp³-hybridized carbons (Fsp3) is 0.364. The first-order valence-electron chi connectivity index (χ1n) is 9.34. The molecule has 6 heteroatoms. The third kappa shape index (κ3) is 5.89. The van der Waals surface area contributed by atoms with Gasteiger partial charge in [-0.15, -0.1) is 36.0 Å². The van der Waals surface area contributed by atoms with Crippen molar-refractivity contribution >= 4 is 46.9 Å². The van der Waals surface area contributed by atoms with Crippen LogP contribution < -0.4 is 16.0 Å². The number of anilines is 1. The van der Waals surface area contributed by atoms with E-state index in [1.54, 1.807) is 0 Å². The lowest BCUT2D eigenvalue weighted by molar-refractivity contribution is -0.120. The Kier molecular flexibility index (Phi) is 9.13. The Balaban J connectivity index is 0.00000136. The van der Waals surface area contributed by atoms with Gasteiger partial charge < -0.3 is 10.3 Å². The molecule has 2 aromatic rings. The van der Waals surface area contributed by atoms with Gasteiger partial charge in [-0.2, -0.15) is 0 Å². The van der Waals surface area contributed by atoms with Crippen molar-refractivity contribution in [3.05, 3.63) is 35.0 Å². The first-order chi connectivity index (χ1) is 13.7. The van der Waals surface area contributed by atoms with E-state index in [-0.39, 0.29) is 11.8 Å². The zero-order valence-electron chi connectivity index (χ0n) is 15.8. The normalized spacial score (nSPS) is 15.7. The van der Waals surface area contributed by atoms with E-state index >= 15 is 0 Å². The monoisotopic (exact) mass is 417 g/mol. The van der Waals surface area contributed by atoms with Crippen LogP contribution in [0.15, 0.2) is 24.3 Å². The molecule has 1 aliphatic rings. The van der Waals surface area contributed by atoms with Crippen molar-refractivity contribution in [2.24, 2.45) is 5.92 Å². The van der Waals surface area contributed by atoms with Gasteiger partial charge in [0, 0.05) is 28.9 Å². The second kappa shape index (κ2) is 11.6. The molecule has 4 nitrogen and oxygen atoms in total. The van der Waals surface area contributed by atoms with E-state index < -0.39 is 0 Å². The Morgan fingerprint density at radius 3 is 2.36 bits per heavy atom. The van der Waals surface area contributed by atoms with E-state index in [0.717, 1.165) is 53.5 Å². The molecule has 0 radical (unpaired) electrons. The number of rotatable bonds is 5. The molecule has 1 aliphatic carbocycles. The first-order valence-corrected chi connectivity index (χ1v) is 10.4. The summed E-state index contributed by atoms with van der Waals surface area (Å²) in [5.41, 5.74) is 1.76. The molecular weight excluding hydrogens is 393 g/mol. The van der Waals surface area contributed by atoms with E-state index in [1.807, 2.05) is 36.4 Å². The predicted octanol–water partition coefficient (Wildman–Crippen LogP) is 3.88. The topological polar surface area (TPSA) is 57.8 Å². The number of amides is 1. The van der Waals surface area contributed by atoms with Crippen LogP contribution in [0.5, 0.6) is 0 Å². The molecule has 148 valence electrons. The first kappa shape index (κ1) is 22.1. The number of hydrogen-bond donors (Lipinski definition) is 2. The van der Waals surface area contributed by atoms with Gasteiger partial charge in [0.1, 0.15) is 5.82 Å². The maximum Gasteiger partial charge on any atom is 0.227 e. The maximum atomic E-state index is 12.4. The predicted molar refractivity (Wildman–Crippen MR) is 119 cm³/mol. The minimum atomic E-state index is 0.133. The smallest absolute Gasteiger partial charge is 0.227 e. The number of halogens is 2. The van der Waals surface area contributed by atoms with Crippen LogP contribution >= 0.6 is 23.2 Å². The Bertz CT molecular complexity index is 861. The molecule has 1 saturated carbocycles. The number of H-pyrrole nitrogens is 1. The average molecular weight is 418 g/mol. The van der Waals surface area contributed by atoms with Gasteiger partial charge >= 0.3 is 0 Å². The Hall–Kier alpha value is -2.22. The van der Waals surface area contributed by atoms with Crippen molar-refractivity contribution in [1.29, 1.82) is 0 Å². The van der Waals surface area contributed by atoms with Gasteiger partial charge in [-0.3, -0.25) is 4.79 Å². The molecule has 0 aliphatic heterocycles. The summed E-state index contributed by atoms with van der Waals surface area (Å²) in [6, 6.07) is 7.72. The molecule has 0 unspecified atom stereocenters. The van der Waals surface area contributed by atoms with Gasteiger partial charge in [0.2, 0.25) is 5.91 Å². The average Bonchev–Trinajstić information content (AvgIpc) is 3.14. The molecule has 3 rings (SSSR count). The molecular formula is C22H25Cl2N3O. The van der Waals surface area contributed by atoms with Crippen LogP contribution in [-0.4, -0.2) is 27.6 Å². The van der Waals surface area contributed by atoms with Crippen LogP contribution in [0.4, 0.5) is 5.69 Å². The molecule has 0 saturated heterocycles. The van der Waals surface area contributed by atoms with E-state index in [4.69, 9.17) is 23.2 Å². The van der Waals surface area contributed by atoms with E-state index in [0.29, 0.717) is 11.8 Å². The number of carbonyl (C=O) groups excluding carboxylic acids is 1. The highest BCUT2D eigenvalue weighted by Gasteiger charge is 2.20. The molecule has 2 N–H and O–H groups in total. The molecule has 1 aromatic heterocycles. The molecule has 1 heterocycles. The minimum absolute atomic E-state index is 0.133. The lowest BCUT2D eigenvalue weighted by Crippen LogP contribution is -2.24. The van der Waals surface area contributed by atoms with Crippen LogP contribution in [-0.2, 0) is 4.79 Å². The summed E-state index contributed by atoms with van der Waals surface area (Å²) in [7, 11) is 0. The number of nitrogens with one attached hydrogen (secondary N) is 2. The van der Waals surface area contributed by atoms with E-state index in [9.17, 15) is 4.79 Å². The molecule has 0 spiro atoms. The van der Waals surface area contributed by atoms with Crippen molar-refractivity contribution in [3.63, 3.8) is 0 Å². The molecule has 0 atom stereocenters. The second-order valence-electron chi connectivity index (χ2n) is 6.50. The van der Waals surface area contributed by atoms with Gasteiger partial charge in [0.05, 0.1) is 10.7 Å². The zero-order valence-corrected chi connectivity index (χ0v) is 17.3. The van der Waals surface area contributed by atoms with Crippen LogP contribution in [0.1, 0.15) is 32.1 Å². The second-order valence-corrected chi connectivity index (χ2v) is 7.12. The van der Waals surface area contributed by atoms with Crippen LogP contribution in [0.2, 0.25) is 0 Å². The van der Waals surface area contributed by atoms with E-state index in [1.165, 1.54) is 6.42 Å². The van der Waals surface area contributed by atoms with Crippen molar-refractivity contribution in [1.82, 2.24) is 9.97 Å². The molecule has 1 fully saturated rings. The largest absolute Gasteiger partial charge is 0.338 e. The van der Waals surface area contributed by atoms with Crippen LogP contribution in [0, 0.1) is 18.8 Å². The zero-order chi connectivity index (χ0) is 20.4. The highest BCUT2D eigenvalue weighted by molar-refractivity contribution is 6.21.